The molecule has 0 saturated carbocycles. The van der Waals surface area contributed by atoms with E-state index >= 15 is 0 Å². The van der Waals surface area contributed by atoms with Gasteiger partial charge in [-0.25, -0.2) is 13.1 Å². The molecule has 0 saturated heterocycles. The Morgan fingerprint density at radius 1 is 1.35 bits per heavy atom. The van der Waals surface area contributed by atoms with Crippen LogP contribution < -0.4 is 10.5 Å². The highest BCUT2D eigenvalue weighted by Crippen LogP contribution is 2.30. The van der Waals surface area contributed by atoms with Crippen molar-refractivity contribution in [2.45, 2.75) is 18.0 Å². The molecule has 1 aromatic heterocycles. The predicted molar refractivity (Wildman–Crippen MR) is 77.0 cm³/mol. The molecule has 0 spiro atoms. The van der Waals surface area contributed by atoms with Gasteiger partial charge in [-0.05, 0) is 12.1 Å². The van der Waals surface area contributed by atoms with E-state index < -0.39 is 10.0 Å². The van der Waals surface area contributed by atoms with Gasteiger partial charge in [0.1, 0.15) is 4.90 Å². The van der Waals surface area contributed by atoms with Gasteiger partial charge in [0.25, 0.3) is 0 Å². The molecule has 20 heavy (non-hydrogen) atoms. The van der Waals surface area contributed by atoms with Gasteiger partial charge >= 0.3 is 0 Å². The van der Waals surface area contributed by atoms with E-state index in [1.807, 2.05) is 0 Å². The summed E-state index contributed by atoms with van der Waals surface area (Å²) >= 11 is 12.0. The number of aromatic nitrogens is 2. The van der Waals surface area contributed by atoms with Crippen molar-refractivity contribution in [2.75, 3.05) is 0 Å². The van der Waals surface area contributed by atoms with Crippen molar-refractivity contribution in [1.29, 1.82) is 0 Å². The molecule has 9 heteroatoms. The summed E-state index contributed by atoms with van der Waals surface area (Å²) in [7, 11) is -3.75. The lowest BCUT2D eigenvalue weighted by atomic mass is 10.2. The van der Waals surface area contributed by atoms with Crippen LogP contribution in [0.4, 0.5) is 0 Å². The molecule has 0 aliphatic rings. The Balaban J connectivity index is 2.30. The van der Waals surface area contributed by atoms with Crippen molar-refractivity contribution in [3.05, 3.63) is 45.7 Å². The quantitative estimate of drug-likeness (QED) is 0.773. The number of nitrogens with two attached hydrogens (primary N) is 1. The maximum absolute atomic E-state index is 12.2. The Hall–Kier alpha value is -1.12. The molecule has 2 rings (SSSR count). The number of hydrogen-bond acceptors (Lipinski definition) is 4. The van der Waals surface area contributed by atoms with Crippen LogP contribution in [0.15, 0.2) is 29.4 Å². The fourth-order valence-corrected chi connectivity index (χ4v) is 3.55. The molecule has 0 bridgehead atoms. The van der Waals surface area contributed by atoms with E-state index in [1.54, 1.807) is 6.20 Å². The molecule has 0 fully saturated rings. The maximum atomic E-state index is 12.2. The first kappa shape index (κ1) is 15.3. The van der Waals surface area contributed by atoms with E-state index in [4.69, 9.17) is 28.9 Å². The third-order valence-corrected chi connectivity index (χ3v) is 5.01. The van der Waals surface area contributed by atoms with Crippen LogP contribution in [-0.2, 0) is 23.1 Å². The molecule has 0 aliphatic heterocycles. The molecule has 6 nitrogen and oxygen atoms in total. The average Bonchev–Trinajstić information content (AvgIpc) is 2.90. The first-order chi connectivity index (χ1) is 9.45. The Bertz CT molecular complexity index is 701. The van der Waals surface area contributed by atoms with Crippen molar-refractivity contribution < 1.29 is 8.42 Å². The number of H-pyrrole nitrogens is 1. The second-order valence-corrected chi connectivity index (χ2v) is 6.49. The Morgan fingerprint density at radius 3 is 2.70 bits per heavy atom. The molecule has 0 unspecified atom stereocenters. The minimum Gasteiger partial charge on any atom is -0.326 e. The number of nitrogens with zero attached hydrogens (tertiary/aromatic N) is 1. The lowest BCUT2D eigenvalue weighted by Crippen LogP contribution is -2.23. The highest BCUT2D eigenvalue weighted by Gasteiger charge is 2.21. The van der Waals surface area contributed by atoms with Crippen LogP contribution in [0, 0.1) is 0 Å². The van der Waals surface area contributed by atoms with Gasteiger partial charge in [0, 0.05) is 35.4 Å². The number of benzene rings is 1. The van der Waals surface area contributed by atoms with Gasteiger partial charge in [-0.3, -0.25) is 5.10 Å². The first-order valence-electron chi connectivity index (χ1n) is 5.60. The Labute approximate surface area is 126 Å². The molecule has 0 aliphatic carbocycles. The monoisotopic (exact) mass is 334 g/mol. The molecular formula is C11H12Cl2N4O2S. The fourth-order valence-electron chi connectivity index (χ4n) is 1.60. The van der Waals surface area contributed by atoms with Gasteiger partial charge in [0.15, 0.2) is 0 Å². The Kier molecular flexibility index (Phi) is 4.66. The van der Waals surface area contributed by atoms with Gasteiger partial charge in [0.05, 0.1) is 11.2 Å². The van der Waals surface area contributed by atoms with Gasteiger partial charge in [-0.15, -0.1) is 0 Å². The maximum Gasteiger partial charge on any atom is 0.242 e. The molecule has 108 valence electrons. The highest BCUT2D eigenvalue weighted by molar-refractivity contribution is 7.89. The molecule has 1 aromatic carbocycles. The second kappa shape index (κ2) is 6.11. The Morgan fingerprint density at radius 2 is 2.10 bits per heavy atom. The normalized spacial score (nSPS) is 11.8. The molecule has 0 atom stereocenters. The van der Waals surface area contributed by atoms with E-state index in [-0.39, 0.29) is 23.0 Å². The number of nitrogens with one attached hydrogen (secondary N) is 2. The van der Waals surface area contributed by atoms with Crippen LogP contribution >= 0.6 is 23.2 Å². The summed E-state index contributed by atoms with van der Waals surface area (Å²) in [4.78, 5) is -0.0486. The third-order valence-electron chi connectivity index (χ3n) is 2.67. The molecule has 0 amide bonds. The molecule has 4 N–H and O–H groups in total. The van der Waals surface area contributed by atoms with Crippen molar-refractivity contribution in [3.63, 3.8) is 0 Å². The van der Waals surface area contributed by atoms with E-state index in [2.05, 4.69) is 14.9 Å². The highest BCUT2D eigenvalue weighted by atomic mass is 35.5. The van der Waals surface area contributed by atoms with Crippen molar-refractivity contribution in [2.24, 2.45) is 5.73 Å². The minimum atomic E-state index is -3.75. The van der Waals surface area contributed by atoms with Crippen LogP contribution in [0.1, 0.15) is 11.1 Å². The lowest BCUT2D eigenvalue weighted by Gasteiger charge is -2.11. The zero-order valence-corrected chi connectivity index (χ0v) is 12.6. The van der Waals surface area contributed by atoms with Gasteiger partial charge in [0.2, 0.25) is 10.0 Å². The third kappa shape index (κ3) is 3.13. The molecule has 2 aromatic rings. The van der Waals surface area contributed by atoms with Crippen LogP contribution in [0.25, 0.3) is 0 Å². The molecule has 0 radical (unpaired) electrons. The van der Waals surface area contributed by atoms with E-state index in [9.17, 15) is 8.42 Å². The van der Waals surface area contributed by atoms with Crippen molar-refractivity contribution >= 4 is 33.2 Å². The van der Waals surface area contributed by atoms with Gasteiger partial charge in [-0.2, -0.15) is 5.10 Å². The number of halogens is 2. The SMILES string of the molecule is NCc1c(Cl)ccc(S(=O)(=O)NCc2cn[nH]c2)c1Cl. The summed E-state index contributed by atoms with van der Waals surface area (Å²) < 4.78 is 26.9. The summed E-state index contributed by atoms with van der Waals surface area (Å²) in [6, 6.07) is 2.81. The fraction of sp³-hybridized carbons (Fsp3) is 0.182. The zero-order chi connectivity index (χ0) is 14.8. The number of aromatic amines is 1. The average molecular weight is 335 g/mol. The van der Waals surface area contributed by atoms with Crippen LogP contribution in [0.2, 0.25) is 10.0 Å². The van der Waals surface area contributed by atoms with E-state index in [0.717, 1.165) is 0 Å². The summed E-state index contributed by atoms with van der Waals surface area (Å²) in [5, 5.41) is 6.71. The van der Waals surface area contributed by atoms with Gasteiger partial charge in [-0.1, -0.05) is 23.2 Å². The molecular weight excluding hydrogens is 323 g/mol. The largest absolute Gasteiger partial charge is 0.326 e. The lowest BCUT2D eigenvalue weighted by molar-refractivity contribution is 0.581. The summed E-state index contributed by atoms with van der Waals surface area (Å²) in [5.74, 6) is 0. The zero-order valence-electron chi connectivity index (χ0n) is 10.2. The minimum absolute atomic E-state index is 0.0414. The summed E-state index contributed by atoms with van der Waals surface area (Å²) in [5.41, 5.74) is 6.63. The smallest absolute Gasteiger partial charge is 0.242 e. The van der Waals surface area contributed by atoms with Gasteiger partial charge < -0.3 is 5.73 Å². The number of hydrogen-bond donors (Lipinski definition) is 3. The van der Waals surface area contributed by atoms with Crippen LogP contribution in [0.3, 0.4) is 0 Å². The summed E-state index contributed by atoms with van der Waals surface area (Å²) in [6.45, 7) is 0.165. The second-order valence-electron chi connectivity index (χ2n) is 3.97. The van der Waals surface area contributed by atoms with Crippen LogP contribution in [0.5, 0.6) is 0 Å². The standard InChI is InChI=1S/C11H12Cl2N4O2S/c12-9-1-2-10(11(13)8(9)3-14)20(18,19)17-6-7-4-15-16-5-7/h1-2,4-5,17H,3,6,14H2,(H,15,16). The molecule has 1 heterocycles. The van der Waals surface area contributed by atoms with Crippen molar-refractivity contribution in [3.8, 4) is 0 Å². The predicted octanol–water partition coefficient (Wildman–Crippen LogP) is 1.65. The van der Waals surface area contributed by atoms with Crippen LogP contribution in [-0.4, -0.2) is 18.6 Å². The number of rotatable bonds is 5. The van der Waals surface area contributed by atoms with E-state index in [1.165, 1.54) is 18.3 Å². The number of sulfonamides is 1. The van der Waals surface area contributed by atoms with Crippen molar-refractivity contribution in [1.82, 2.24) is 14.9 Å². The first-order valence-corrected chi connectivity index (χ1v) is 7.84. The topological polar surface area (TPSA) is 101 Å². The summed E-state index contributed by atoms with van der Waals surface area (Å²) in [6.07, 6.45) is 3.12. The van der Waals surface area contributed by atoms with E-state index in [0.29, 0.717) is 16.1 Å².